The molecule has 0 fully saturated rings. The standard InChI is InChI=1S/C22H21ClO6/c1-3-26-19(24)12-28-21-15-7-5-6-8-16(15)22(29-13-20(25)27-4-2)18-11-14(23)9-10-17(18)21/h5-11H,3-4,12-13H2,1-2H3. The molecule has 0 spiro atoms. The van der Waals surface area contributed by atoms with Crippen molar-refractivity contribution in [1.29, 1.82) is 0 Å². The highest BCUT2D eigenvalue weighted by molar-refractivity contribution is 6.31. The van der Waals surface area contributed by atoms with Gasteiger partial charge in [0.05, 0.1) is 13.2 Å². The highest BCUT2D eigenvalue weighted by atomic mass is 35.5. The SMILES string of the molecule is CCOC(=O)COc1c2ccccc2c(OCC(=O)OCC)c2cc(Cl)ccc12. The van der Waals surface area contributed by atoms with E-state index in [1.54, 1.807) is 32.0 Å². The monoisotopic (exact) mass is 416 g/mol. The van der Waals surface area contributed by atoms with Crippen LogP contribution in [0.3, 0.4) is 0 Å². The molecule has 0 unspecified atom stereocenters. The van der Waals surface area contributed by atoms with Crippen molar-refractivity contribution in [1.82, 2.24) is 0 Å². The third-order valence-electron chi connectivity index (χ3n) is 4.17. The Labute approximate surface area is 173 Å². The molecular formula is C22H21ClO6. The summed E-state index contributed by atoms with van der Waals surface area (Å²) < 4.78 is 21.6. The highest BCUT2D eigenvalue weighted by Crippen LogP contribution is 2.43. The van der Waals surface area contributed by atoms with Crippen LogP contribution < -0.4 is 9.47 Å². The Balaban J connectivity index is 2.12. The van der Waals surface area contributed by atoms with Gasteiger partial charge in [-0.3, -0.25) is 0 Å². The first kappa shape index (κ1) is 20.7. The van der Waals surface area contributed by atoms with Crippen LogP contribution in [0, 0.1) is 0 Å². The molecule has 0 radical (unpaired) electrons. The summed E-state index contributed by atoms with van der Waals surface area (Å²) in [5.41, 5.74) is 0. The average molecular weight is 417 g/mol. The van der Waals surface area contributed by atoms with E-state index in [-0.39, 0.29) is 26.4 Å². The van der Waals surface area contributed by atoms with Crippen LogP contribution in [0.1, 0.15) is 13.8 Å². The van der Waals surface area contributed by atoms with E-state index >= 15 is 0 Å². The molecule has 0 atom stereocenters. The van der Waals surface area contributed by atoms with Crippen molar-refractivity contribution in [3.63, 3.8) is 0 Å². The lowest BCUT2D eigenvalue weighted by atomic mass is 10.0. The second kappa shape index (κ2) is 9.47. The van der Waals surface area contributed by atoms with E-state index in [0.717, 1.165) is 10.8 Å². The maximum atomic E-state index is 11.8. The Morgan fingerprint density at radius 2 is 1.24 bits per heavy atom. The molecule has 0 aliphatic rings. The number of hydrogen-bond donors (Lipinski definition) is 0. The first-order valence-electron chi connectivity index (χ1n) is 9.26. The van der Waals surface area contributed by atoms with Crippen LogP contribution in [0.15, 0.2) is 42.5 Å². The third-order valence-corrected chi connectivity index (χ3v) is 4.40. The number of carbonyl (C=O) groups excluding carboxylic acids is 2. The van der Waals surface area contributed by atoms with Crippen molar-refractivity contribution >= 4 is 45.1 Å². The summed E-state index contributed by atoms with van der Waals surface area (Å²) in [6.07, 6.45) is 0. The van der Waals surface area contributed by atoms with Crippen LogP contribution >= 0.6 is 11.6 Å². The number of fused-ring (bicyclic) bond motifs is 2. The predicted molar refractivity (Wildman–Crippen MR) is 111 cm³/mol. The fraction of sp³-hybridized carbons (Fsp3) is 0.273. The molecule has 0 saturated heterocycles. The topological polar surface area (TPSA) is 71.1 Å². The summed E-state index contributed by atoms with van der Waals surface area (Å²) in [6.45, 7) is 3.57. The Morgan fingerprint density at radius 1 is 0.759 bits per heavy atom. The first-order valence-corrected chi connectivity index (χ1v) is 9.63. The number of esters is 2. The fourth-order valence-electron chi connectivity index (χ4n) is 3.05. The van der Waals surface area contributed by atoms with Crippen molar-refractivity contribution in [2.45, 2.75) is 13.8 Å². The average Bonchev–Trinajstić information content (AvgIpc) is 2.71. The van der Waals surface area contributed by atoms with E-state index in [9.17, 15) is 9.59 Å². The molecule has 3 aromatic rings. The van der Waals surface area contributed by atoms with Gasteiger partial charge in [-0.25, -0.2) is 9.59 Å². The van der Waals surface area contributed by atoms with Crippen molar-refractivity contribution in [3.05, 3.63) is 47.5 Å². The number of hydrogen-bond acceptors (Lipinski definition) is 6. The molecule has 6 nitrogen and oxygen atoms in total. The Kier molecular flexibility index (Phi) is 6.77. The number of halogens is 1. The molecule has 29 heavy (non-hydrogen) atoms. The van der Waals surface area contributed by atoms with Gasteiger partial charge in [0, 0.05) is 26.6 Å². The van der Waals surface area contributed by atoms with Gasteiger partial charge < -0.3 is 18.9 Å². The summed E-state index contributed by atoms with van der Waals surface area (Å²) in [4.78, 5) is 23.6. The molecule has 0 aromatic heterocycles. The van der Waals surface area contributed by atoms with Gasteiger partial charge in [0.2, 0.25) is 0 Å². The maximum absolute atomic E-state index is 11.8. The van der Waals surface area contributed by atoms with Crippen LogP contribution in [-0.4, -0.2) is 38.4 Å². The molecular weight excluding hydrogens is 396 g/mol. The molecule has 0 aliphatic carbocycles. The molecule has 0 heterocycles. The zero-order valence-corrected chi connectivity index (χ0v) is 17.0. The van der Waals surface area contributed by atoms with Crippen molar-refractivity contribution in [3.8, 4) is 11.5 Å². The molecule has 7 heteroatoms. The van der Waals surface area contributed by atoms with Crippen molar-refractivity contribution in [2.24, 2.45) is 0 Å². The van der Waals surface area contributed by atoms with Gasteiger partial charge in [0.1, 0.15) is 11.5 Å². The minimum absolute atomic E-state index is 0.224. The van der Waals surface area contributed by atoms with Crippen molar-refractivity contribution in [2.75, 3.05) is 26.4 Å². The zero-order valence-electron chi connectivity index (χ0n) is 16.2. The van der Waals surface area contributed by atoms with E-state index in [0.29, 0.717) is 27.3 Å². The molecule has 0 bridgehead atoms. The minimum Gasteiger partial charge on any atom is -0.481 e. The summed E-state index contributed by atoms with van der Waals surface area (Å²) in [7, 11) is 0. The van der Waals surface area contributed by atoms with Crippen LogP contribution in [-0.2, 0) is 19.1 Å². The summed E-state index contributed by atoms with van der Waals surface area (Å²) in [5, 5.41) is 3.34. The lowest BCUT2D eigenvalue weighted by Crippen LogP contribution is -2.16. The zero-order chi connectivity index (χ0) is 20.8. The van der Waals surface area contributed by atoms with Gasteiger partial charge in [-0.15, -0.1) is 0 Å². The summed E-state index contributed by atoms with van der Waals surface area (Å²) in [5.74, 6) is 0.0918. The molecule has 0 N–H and O–H groups in total. The molecule has 3 aromatic carbocycles. The normalized spacial score (nSPS) is 10.7. The molecule has 3 rings (SSSR count). The Hall–Kier alpha value is -2.99. The highest BCUT2D eigenvalue weighted by Gasteiger charge is 2.18. The van der Waals surface area contributed by atoms with Gasteiger partial charge in [0.15, 0.2) is 13.2 Å². The maximum Gasteiger partial charge on any atom is 0.344 e. The number of benzene rings is 3. The number of carbonyl (C=O) groups is 2. The molecule has 0 aliphatic heterocycles. The van der Waals surface area contributed by atoms with Crippen LogP contribution in [0.5, 0.6) is 11.5 Å². The second-order valence-corrected chi connectivity index (χ2v) is 6.52. The molecule has 152 valence electrons. The lowest BCUT2D eigenvalue weighted by Gasteiger charge is -2.17. The first-order chi connectivity index (χ1) is 14.0. The smallest absolute Gasteiger partial charge is 0.344 e. The van der Waals surface area contributed by atoms with E-state index in [1.807, 2.05) is 24.3 Å². The summed E-state index contributed by atoms with van der Waals surface area (Å²) >= 11 is 6.21. The van der Waals surface area contributed by atoms with Crippen molar-refractivity contribution < 1.29 is 28.5 Å². The molecule has 0 saturated carbocycles. The minimum atomic E-state index is -0.464. The largest absolute Gasteiger partial charge is 0.481 e. The van der Waals surface area contributed by atoms with Gasteiger partial charge in [-0.05, 0) is 32.0 Å². The molecule has 0 amide bonds. The van der Waals surface area contributed by atoms with Gasteiger partial charge in [-0.1, -0.05) is 35.9 Å². The van der Waals surface area contributed by atoms with Crippen LogP contribution in [0.25, 0.3) is 21.5 Å². The predicted octanol–water partition coefficient (Wildman–Crippen LogP) is 4.53. The number of rotatable bonds is 8. The third kappa shape index (κ3) is 4.71. The van der Waals surface area contributed by atoms with Crippen LogP contribution in [0.4, 0.5) is 0 Å². The van der Waals surface area contributed by atoms with E-state index < -0.39 is 11.9 Å². The van der Waals surface area contributed by atoms with E-state index in [1.165, 1.54) is 0 Å². The van der Waals surface area contributed by atoms with Gasteiger partial charge >= 0.3 is 11.9 Å². The Bertz CT molecular complexity index is 1050. The summed E-state index contributed by atoms with van der Waals surface area (Å²) in [6, 6.07) is 12.7. The van der Waals surface area contributed by atoms with Gasteiger partial charge in [0.25, 0.3) is 0 Å². The van der Waals surface area contributed by atoms with Crippen LogP contribution in [0.2, 0.25) is 5.02 Å². The fourth-order valence-corrected chi connectivity index (χ4v) is 3.22. The quantitative estimate of drug-likeness (QED) is 0.397. The Morgan fingerprint density at radius 3 is 1.76 bits per heavy atom. The number of ether oxygens (including phenoxy) is 4. The second-order valence-electron chi connectivity index (χ2n) is 6.08. The van der Waals surface area contributed by atoms with E-state index in [2.05, 4.69) is 0 Å². The lowest BCUT2D eigenvalue weighted by molar-refractivity contribution is -0.146. The van der Waals surface area contributed by atoms with Gasteiger partial charge in [-0.2, -0.15) is 0 Å². The van der Waals surface area contributed by atoms with E-state index in [4.69, 9.17) is 30.5 Å².